The van der Waals surface area contributed by atoms with Gasteiger partial charge in [-0.3, -0.25) is 0 Å². The SMILES string of the molecule is Brc1cccc(-c2ccccc2)c1.Nc1ccc2ccccc2c1.c1ccc(-c2cccc(Nc3ccc4ccccc4c3)c2)cc1. The molecule has 2 nitrogen and oxygen atoms in total. The van der Waals surface area contributed by atoms with Gasteiger partial charge in [-0.1, -0.05) is 162 Å². The lowest BCUT2D eigenvalue weighted by atomic mass is 10.1. The fourth-order valence-electron chi connectivity index (χ4n) is 5.35. The number of halogens is 1. The van der Waals surface area contributed by atoms with Gasteiger partial charge in [-0.2, -0.15) is 0 Å². The summed E-state index contributed by atoms with van der Waals surface area (Å²) in [5, 5.41) is 8.45. The first-order valence-electron chi connectivity index (χ1n) is 15.6. The van der Waals surface area contributed by atoms with Gasteiger partial charge in [-0.25, -0.2) is 0 Å². The molecule has 47 heavy (non-hydrogen) atoms. The largest absolute Gasteiger partial charge is 0.399 e. The molecule has 0 aliphatic rings. The number of hydrogen-bond acceptors (Lipinski definition) is 2. The Labute approximate surface area is 285 Å². The van der Waals surface area contributed by atoms with E-state index in [1.807, 2.05) is 54.6 Å². The Morgan fingerprint density at radius 3 is 1.43 bits per heavy atom. The van der Waals surface area contributed by atoms with Crippen LogP contribution in [0.1, 0.15) is 0 Å². The Bertz CT molecular complexity index is 2190. The third-order valence-corrected chi connectivity index (χ3v) is 8.21. The van der Waals surface area contributed by atoms with Crippen molar-refractivity contribution >= 4 is 54.5 Å². The van der Waals surface area contributed by atoms with E-state index >= 15 is 0 Å². The van der Waals surface area contributed by atoms with Crippen molar-refractivity contribution < 1.29 is 0 Å². The van der Waals surface area contributed by atoms with Gasteiger partial charge < -0.3 is 11.1 Å². The third kappa shape index (κ3) is 8.76. The van der Waals surface area contributed by atoms with Gasteiger partial charge >= 0.3 is 0 Å². The lowest BCUT2D eigenvalue weighted by molar-refractivity contribution is 1.55. The van der Waals surface area contributed by atoms with Crippen LogP contribution in [0, 0.1) is 0 Å². The molecule has 0 spiro atoms. The Morgan fingerprint density at radius 2 is 0.809 bits per heavy atom. The summed E-state index contributed by atoms with van der Waals surface area (Å²) in [5.74, 6) is 0. The summed E-state index contributed by atoms with van der Waals surface area (Å²) < 4.78 is 1.12. The number of rotatable bonds is 4. The van der Waals surface area contributed by atoms with Crippen LogP contribution in [0.15, 0.2) is 199 Å². The van der Waals surface area contributed by atoms with E-state index < -0.39 is 0 Å². The molecule has 0 saturated heterocycles. The molecule has 0 amide bonds. The first kappa shape index (κ1) is 31.3. The highest BCUT2D eigenvalue weighted by Gasteiger charge is 2.01. The smallest absolute Gasteiger partial charge is 0.0390 e. The predicted molar refractivity (Wildman–Crippen MR) is 207 cm³/mol. The fourth-order valence-corrected chi connectivity index (χ4v) is 5.75. The monoisotopic (exact) mass is 670 g/mol. The first-order chi connectivity index (χ1) is 23.1. The summed E-state index contributed by atoms with van der Waals surface area (Å²) in [7, 11) is 0. The molecule has 0 unspecified atom stereocenters. The molecule has 0 saturated carbocycles. The maximum atomic E-state index is 5.62. The summed E-state index contributed by atoms with van der Waals surface area (Å²) >= 11 is 3.46. The molecule has 8 aromatic rings. The molecule has 0 aliphatic heterocycles. The minimum atomic E-state index is 0.823. The third-order valence-electron chi connectivity index (χ3n) is 7.71. The van der Waals surface area contributed by atoms with Crippen LogP contribution in [0.2, 0.25) is 0 Å². The summed E-state index contributed by atoms with van der Waals surface area (Å²) in [6.45, 7) is 0. The second kappa shape index (κ2) is 15.6. The standard InChI is InChI=1S/C22H17N.C12H9Br.C10H9N/c1-2-7-17(8-3-1)20-11-6-12-21(15-20)23-22-14-13-18-9-4-5-10-19(18)16-22;13-12-8-4-7-11(9-12)10-5-2-1-3-6-10;11-10-6-5-8-3-1-2-4-9(8)7-10/h1-16,23H;1-9H;1-7H,11H2. The predicted octanol–water partition coefficient (Wildman–Crippen LogP) is 12.8. The number of fused-ring (bicyclic) bond motifs is 2. The van der Waals surface area contributed by atoms with Crippen molar-refractivity contribution in [2.45, 2.75) is 0 Å². The quantitative estimate of drug-likeness (QED) is 0.183. The van der Waals surface area contributed by atoms with E-state index in [0.29, 0.717) is 0 Å². The van der Waals surface area contributed by atoms with Crippen LogP contribution in [0.5, 0.6) is 0 Å². The number of nitrogen functional groups attached to an aromatic ring is 1. The second-order valence-corrected chi connectivity index (χ2v) is 12.0. The minimum Gasteiger partial charge on any atom is -0.399 e. The lowest BCUT2D eigenvalue weighted by Crippen LogP contribution is -1.90. The van der Waals surface area contributed by atoms with Gasteiger partial charge in [0.25, 0.3) is 0 Å². The second-order valence-electron chi connectivity index (χ2n) is 11.1. The first-order valence-corrected chi connectivity index (χ1v) is 16.4. The zero-order valence-electron chi connectivity index (χ0n) is 25.9. The van der Waals surface area contributed by atoms with Crippen molar-refractivity contribution in [2.75, 3.05) is 11.1 Å². The fraction of sp³-hybridized carbons (Fsp3) is 0. The van der Waals surface area contributed by atoms with Crippen LogP contribution < -0.4 is 11.1 Å². The summed E-state index contributed by atoms with van der Waals surface area (Å²) in [5.41, 5.74) is 13.6. The van der Waals surface area contributed by atoms with E-state index in [9.17, 15) is 0 Å². The Balaban J connectivity index is 0.000000136. The van der Waals surface area contributed by atoms with Crippen LogP contribution in [0.25, 0.3) is 43.8 Å². The van der Waals surface area contributed by atoms with Crippen LogP contribution in [-0.4, -0.2) is 0 Å². The van der Waals surface area contributed by atoms with Gasteiger partial charge in [0.05, 0.1) is 0 Å². The highest BCUT2D eigenvalue weighted by atomic mass is 79.9. The number of nitrogens with one attached hydrogen (secondary N) is 1. The Kier molecular flexibility index (Phi) is 10.4. The molecule has 8 aromatic carbocycles. The highest BCUT2D eigenvalue weighted by molar-refractivity contribution is 9.10. The van der Waals surface area contributed by atoms with Gasteiger partial charge in [-0.05, 0) is 92.3 Å². The summed E-state index contributed by atoms with van der Waals surface area (Å²) in [4.78, 5) is 0. The van der Waals surface area contributed by atoms with Gasteiger partial charge in [-0.15, -0.1) is 0 Å². The van der Waals surface area contributed by atoms with E-state index in [1.165, 1.54) is 43.8 Å². The van der Waals surface area contributed by atoms with Crippen molar-refractivity contribution in [1.29, 1.82) is 0 Å². The van der Waals surface area contributed by atoms with Gasteiger partial charge in [0.1, 0.15) is 0 Å². The molecular formula is C44H35BrN2. The van der Waals surface area contributed by atoms with Crippen molar-refractivity contribution in [1.82, 2.24) is 0 Å². The molecule has 8 rings (SSSR count). The van der Waals surface area contributed by atoms with Crippen LogP contribution in [-0.2, 0) is 0 Å². The van der Waals surface area contributed by atoms with Crippen LogP contribution in [0.4, 0.5) is 17.1 Å². The molecule has 3 N–H and O–H groups in total. The maximum absolute atomic E-state index is 5.62. The van der Waals surface area contributed by atoms with Gasteiger partial charge in [0, 0.05) is 21.5 Å². The number of nitrogens with two attached hydrogens (primary N) is 1. The molecule has 0 bridgehead atoms. The van der Waals surface area contributed by atoms with Crippen molar-refractivity contribution in [3.63, 3.8) is 0 Å². The van der Waals surface area contributed by atoms with Gasteiger partial charge in [0.15, 0.2) is 0 Å². The van der Waals surface area contributed by atoms with Crippen molar-refractivity contribution in [3.8, 4) is 22.3 Å². The average Bonchev–Trinajstić information content (AvgIpc) is 3.13. The van der Waals surface area contributed by atoms with E-state index in [4.69, 9.17) is 5.73 Å². The normalized spacial score (nSPS) is 10.3. The Morgan fingerprint density at radius 1 is 0.340 bits per heavy atom. The number of hydrogen-bond donors (Lipinski definition) is 2. The average molecular weight is 672 g/mol. The van der Waals surface area contributed by atoms with Crippen molar-refractivity contribution in [3.05, 3.63) is 199 Å². The number of anilines is 3. The molecular weight excluding hydrogens is 636 g/mol. The van der Waals surface area contributed by atoms with Crippen LogP contribution >= 0.6 is 15.9 Å². The molecule has 0 aromatic heterocycles. The van der Waals surface area contributed by atoms with E-state index in [2.05, 4.69) is 161 Å². The van der Waals surface area contributed by atoms with Gasteiger partial charge in [0.2, 0.25) is 0 Å². The molecule has 228 valence electrons. The topological polar surface area (TPSA) is 38.0 Å². The number of benzene rings is 8. The van der Waals surface area contributed by atoms with E-state index in [0.717, 1.165) is 21.5 Å². The molecule has 0 atom stereocenters. The molecule has 0 radical (unpaired) electrons. The molecule has 0 heterocycles. The minimum absolute atomic E-state index is 0.823. The van der Waals surface area contributed by atoms with E-state index in [1.54, 1.807) is 0 Å². The Hall–Kier alpha value is -5.64. The lowest BCUT2D eigenvalue weighted by Gasteiger charge is -2.10. The highest BCUT2D eigenvalue weighted by Crippen LogP contribution is 2.27. The molecule has 0 aliphatic carbocycles. The van der Waals surface area contributed by atoms with Crippen LogP contribution in [0.3, 0.4) is 0 Å². The summed E-state index contributed by atoms with van der Waals surface area (Å²) in [6.07, 6.45) is 0. The van der Waals surface area contributed by atoms with E-state index in [-0.39, 0.29) is 0 Å². The van der Waals surface area contributed by atoms with Crippen molar-refractivity contribution in [2.24, 2.45) is 0 Å². The zero-order valence-corrected chi connectivity index (χ0v) is 27.5. The molecule has 0 fully saturated rings. The maximum Gasteiger partial charge on any atom is 0.0390 e. The summed E-state index contributed by atoms with van der Waals surface area (Å²) in [6, 6.07) is 66.6. The zero-order chi connectivity index (χ0) is 32.3. The molecule has 3 heteroatoms.